The number of thiazole rings is 1. The predicted molar refractivity (Wildman–Crippen MR) is 63.2 cm³/mol. The second-order valence-corrected chi connectivity index (χ2v) is 5.80. The molecule has 0 aliphatic heterocycles. The lowest BCUT2D eigenvalue weighted by atomic mass is 10.4. The summed E-state index contributed by atoms with van der Waals surface area (Å²) in [6, 6.07) is 0. The molecule has 3 nitrogen and oxygen atoms in total. The van der Waals surface area contributed by atoms with E-state index in [0.717, 1.165) is 35.9 Å². The van der Waals surface area contributed by atoms with E-state index in [1.54, 1.807) is 23.1 Å². The van der Waals surface area contributed by atoms with Crippen LogP contribution >= 0.6 is 23.1 Å². The molecule has 0 atom stereocenters. The van der Waals surface area contributed by atoms with Crippen molar-refractivity contribution in [2.24, 2.45) is 5.92 Å². The Morgan fingerprint density at radius 3 is 3.20 bits per heavy atom. The van der Waals surface area contributed by atoms with Gasteiger partial charge in [-0.3, -0.25) is 4.79 Å². The van der Waals surface area contributed by atoms with E-state index in [-0.39, 0.29) is 5.91 Å². The molecule has 15 heavy (non-hydrogen) atoms. The van der Waals surface area contributed by atoms with Crippen LogP contribution < -0.4 is 5.32 Å². The molecule has 1 saturated carbocycles. The Labute approximate surface area is 97.7 Å². The van der Waals surface area contributed by atoms with E-state index in [0.29, 0.717) is 5.92 Å². The van der Waals surface area contributed by atoms with Crippen molar-refractivity contribution in [1.29, 1.82) is 0 Å². The van der Waals surface area contributed by atoms with Gasteiger partial charge in [-0.1, -0.05) is 11.8 Å². The predicted octanol–water partition coefficient (Wildman–Crippen LogP) is 2.15. The minimum Gasteiger partial charge on any atom is -0.356 e. The van der Waals surface area contributed by atoms with Crippen molar-refractivity contribution in [3.8, 4) is 0 Å². The molecule has 1 heterocycles. The summed E-state index contributed by atoms with van der Waals surface area (Å²) in [5.41, 5.74) is 0. The first-order valence-corrected chi connectivity index (χ1v) is 7.03. The van der Waals surface area contributed by atoms with Gasteiger partial charge in [-0.2, -0.15) is 0 Å². The van der Waals surface area contributed by atoms with Crippen LogP contribution in [0.3, 0.4) is 0 Å². The molecular weight excluding hydrogens is 228 g/mol. The molecule has 1 aromatic rings. The quantitative estimate of drug-likeness (QED) is 0.614. The monoisotopic (exact) mass is 242 g/mol. The number of hydrogen-bond acceptors (Lipinski definition) is 4. The average molecular weight is 242 g/mol. The molecule has 1 aliphatic carbocycles. The Hall–Kier alpha value is -0.550. The summed E-state index contributed by atoms with van der Waals surface area (Å²) in [6.07, 6.45) is 5.00. The van der Waals surface area contributed by atoms with Crippen LogP contribution in [0.4, 0.5) is 0 Å². The van der Waals surface area contributed by atoms with Crippen LogP contribution in [0.15, 0.2) is 15.9 Å². The maximum atomic E-state index is 11.3. The van der Waals surface area contributed by atoms with Crippen LogP contribution in [0.5, 0.6) is 0 Å². The fourth-order valence-corrected chi connectivity index (χ4v) is 2.86. The van der Waals surface area contributed by atoms with E-state index in [4.69, 9.17) is 0 Å². The first-order chi connectivity index (χ1) is 7.36. The fraction of sp³-hybridized carbons (Fsp3) is 0.600. The Morgan fingerprint density at radius 2 is 2.53 bits per heavy atom. The third-order valence-corrected chi connectivity index (χ3v) is 4.26. The van der Waals surface area contributed by atoms with Crippen molar-refractivity contribution in [2.45, 2.75) is 23.6 Å². The highest BCUT2D eigenvalue weighted by Crippen LogP contribution is 2.28. The topological polar surface area (TPSA) is 42.0 Å². The van der Waals surface area contributed by atoms with Gasteiger partial charge in [-0.25, -0.2) is 4.98 Å². The maximum absolute atomic E-state index is 11.3. The van der Waals surface area contributed by atoms with Crippen molar-refractivity contribution in [2.75, 3.05) is 12.3 Å². The number of carbonyl (C=O) groups is 1. The summed E-state index contributed by atoms with van der Waals surface area (Å²) in [6.45, 7) is 0.799. The molecule has 0 unspecified atom stereocenters. The van der Waals surface area contributed by atoms with E-state index >= 15 is 0 Å². The third kappa shape index (κ3) is 3.83. The molecule has 2 rings (SSSR count). The molecule has 0 bridgehead atoms. The second-order valence-electron chi connectivity index (χ2n) is 3.57. The van der Waals surface area contributed by atoms with Crippen molar-refractivity contribution in [3.05, 3.63) is 11.6 Å². The van der Waals surface area contributed by atoms with Gasteiger partial charge in [0.1, 0.15) is 4.34 Å². The number of aromatic nitrogens is 1. The van der Waals surface area contributed by atoms with Gasteiger partial charge >= 0.3 is 0 Å². The zero-order valence-electron chi connectivity index (χ0n) is 8.44. The fourth-order valence-electron chi connectivity index (χ4n) is 1.21. The van der Waals surface area contributed by atoms with Crippen LogP contribution in [0.1, 0.15) is 19.3 Å². The standard InChI is InChI=1S/C10H14N2OS2/c13-9(8-2-3-8)11-4-1-6-14-10-12-5-7-15-10/h5,7-8H,1-4,6H2,(H,11,13). The van der Waals surface area contributed by atoms with Gasteiger partial charge in [0.15, 0.2) is 0 Å². The lowest BCUT2D eigenvalue weighted by Gasteiger charge is -2.02. The van der Waals surface area contributed by atoms with Crippen molar-refractivity contribution < 1.29 is 4.79 Å². The van der Waals surface area contributed by atoms with Crippen molar-refractivity contribution >= 4 is 29.0 Å². The Kier molecular flexibility index (Phi) is 4.02. The Morgan fingerprint density at radius 1 is 1.67 bits per heavy atom. The van der Waals surface area contributed by atoms with E-state index in [2.05, 4.69) is 10.3 Å². The number of nitrogens with one attached hydrogen (secondary N) is 1. The van der Waals surface area contributed by atoms with E-state index in [1.807, 2.05) is 11.6 Å². The number of nitrogens with zero attached hydrogens (tertiary/aromatic N) is 1. The maximum Gasteiger partial charge on any atom is 0.223 e. The van der Waals surface area contributed by atoms with Gasteiger partial charge in [-0.15, -0.1) is 11.3 Å². The smallest absolute Gasteiger partial charge is 0.223 e. The highest BCUT2D eigenvalue weighted by molar-refractivity contribution is 8.00. The molecule has 1 aliphatic rings. The molecule has 1 fully saturated rings. The molecule has 1 aromatic heterocycles. The minimum absolute atomic E-state index is 0.245. The van der Waals surface area contributed by atoms with Crippen molar-refractivity contribution in [3.63, 3.8) is 0 Å². The first-order valence-electron chi connectivity index (χ1n) is 5.16. The number of amides is 1. The zero-order chi connectivity index (χ0) is 10.5. The normalized spacial score (nSPS) is 15.2. The highest BCUT2D eigenvalue weighted by Gasteiger charge is 2.28. The molecular formula is C10H14N2OS2. The summed E-state index contributed by atoms with van der Waals surface area (Å²) in [5.74, 6) is 1.60. The molecule has 1 amide bonds. The van der Waals surface area contributed by atoms with Gasteiger partial charge in [-0.05, 0) is 19.3 Å². The molecule has 5 heteroatoms. The van der Waals surface area contributed by atoms with Crippen LogP contribution in [0.2, 0.25) is 0 Å². The van der Waals surface area contributed by atoms with Crippen LogP contribution in [0.25, 0.3) is 0 Å². The van der Waals surface area contributed by atoms with Gasteiger partial charge in [0.2, 0.25) is 5.91 Å². The number of thioether (sulfide) groups is 1. The van der Waals surface area contributed by atoms with Crippen LogP contribution in [-0.2, 0) is 4.79 Å². The van der Waals surface area contributed by atoms with Gasteiger partial charge < -0.3 is 5.32 Å². The summed E-state index contributed by atoms with van der Waals surface area (Å²) < 4.78 is 1.11. The van der Waals surface area contributed by atoms with Gasteiger partial charge in [0, 0.05) is 29.8 Å². The van der Waals surface area contributed by atoms with Gasteiger partial charge in [0.05, 0.1) is 0 Å². The SMILES string of the molecule is O=C(NCCCSc1nccs1)C1CC1. The van der Waals surface area contributed by atoms with E-state index < -0.39 is 0 Å². The molecule has 82 valence electrons. The Bertz CT molecular complexity index is 309. The summed E-state index contributed by atoms with van der Waals surface area (Å²) in [7, 11) is 0. The molecule has 0 saturated heterocycles. The molecule has 0 aromatic carbocycles. The largest absolute Gasteiger partial charge is 0.356 e. The number of carbonyl (C=O) groups excluding carboxylic acids is 1. The molecule has 1 N–H and O–H groups in total. The molecule has 0 radical (unpaired) electrons. The average Bonchev–Trinajstić information content (AvgIpc) is 2.97. The van der Waals surface area contributed by atoms with Crippen LogP contribution in [-0.4, -0.2) is 23.2 Å². The van der Waals surface area contributed by atoms with Crippen LogP contribution in [0, 0.1) is 5.92 Å². The zero-order valence-corrected chi connectivity index (χ0v) is 10.1. The third-order valence-electron chi connectivity index (χ3n) is 2.20. The number of hydrogen-bond donors (Lipinski definition) is 1. The minimum atomic E-state index is 0.245. The lowest BCUT2D eigenvalue weighted by molar-refractivity contribution is -0.122. The number of rotatable bonds is 6. The van der Waals surface area contributed by atoms with E-state index in [1.165, 1.54) is 0 Å². The van der Waals surface area contributed by atoms with Gasteiger partial charge in [0.25, 0.3) is 0 Å². The lowest BCUT2D eigenvalue weighted by Crippen LogP contribution is -2.26. The second kappa shape index (κ2) is 5.51. The highest BCUT2D eigenvalue weighted by atomic mass is 32.2. The summed E-state index contributed by atoms with van der Waals surface area (Å²) >= 11 is 3.43. The van der Waals surface area contributed by atoms with E-state index in [9.17, 15) is 4.79 Å². The first kappa shape index (κ1) is 11.0. The van der Waals surface area contributed by atoms with Crippen molar-refractivity contribution in [1.82, 2.24) is 10.3 Å². The summed E-state index contributed by atoms with van der Waals surface area (Å²) in [4.78, 5) is 15.5. The Balaban J connectivity index is 1.50. The molecule has 0 spiro atoms. The summed E-state index contributed by atoms with van der Waals surface area (Å²) in [5, 5.41) is 4.94.